The van der Waals surface area contributed by atoms with E-state index in [0.717, 1.165) is 36.0 Å². The number of furan rings is 1. The highest BCUT2D eigenvalue weighted by molar-refractivity contribution is 7.17. The van der Waals surface area contributed by atoms with E-state index in [1.807, 2.05) is 26.0 Å². The van der Waals surface area contributed by atoms with Crippen LogP contribution in [0.3, 0.4) is 0 Å². The summed E-state index contributed by atoms with van der Waals surface area (Å²) in [5, 5.41) is 6.90. The average molecular weight is 380 g/mol. The lowest BCUT2D eigenvalue weighted by Crippen LogP contribution is -2.32. The van der Waals surface area contributed by atoms with E-state index in [-0.39, 0.29) is 30.7 Å². The highest BCUT2D eigenvalue weighted by Gasteiger charge is 2.17. The second kappa shape index (κ2) is 10.6. The minimum Gasteiger partial charge on any atom is -0.459 e. The summed E-state index contributed by atoms with van der Waals surface area (Å²) in [5.74, 6) is 1.48. The van der Waals surface area contributed by atoms with Crippen LogP contribution in [-0.2, 0) is 0 Å². The van der Waals surface area contributed by atoms with Crippen molar-refractivity contribution in [2.45, 2.75) is 27.2 Å². The lowest BCUT2D eigenvalue weighted by Gasteiger charge is -2.04. The van der Waals surface area contributed by atoms with Gasteiger partial charge in [0.15, 0.2) is 10.8 Å². The Kier molecular flexibility index (Phi) is 10.1. The molecule has 8 heteroatoms. The minimum atomic E-state index is -0.0715. The van der Waals surface area contributed by atoms with Crippen molar-refractivity contribution in [3.63, 3.8) is 0 Å². The molecule has 0 spiro atoms. The molecule has 0 radical (unpaired) electrons. The van der Waals surface area contributed by atoms with Gasteiger partial charge >= 0.3 is 0 Å². The Morgan fingerprint density at radius 2 is 1.96 bits per heavy atom. The maximum atomic E-state index is 12.1. The van der Waals surface area contributed by atoms with Crippen LogP contribution in [0.2, 0.25) is 0 Å². The molecule has 5 nitrogen and oxygen atoms in total. The largest absolute Gasteiger partial charge is 0.459 e. The monoisotopic (exact) mass is 379 g/mol. The number of carbonyl (C=O) groups excluding carboxylic acids is 1. The molecule has 2 heterocycles. The standard InChI is InChI=1S/C15H21N3O2S.2ClH/c1-4-7-16-8-9-17-14(19)13-11(3)18-15(21-13)12-6-5-10(2)20-12;;/h5-6,16H,4,7-9H2,1-3H3,(H,17,19);2*1H. The Hall–Kier alpha value is -1.08. The molecule has 0 bridgehead atoms. The maximum absolute atomic E-state index is 12.1. The number of nitrogens with one attached hydrogen (secondary N) is 2. The van der Waals surface area contributed by atoms with Gasteiger partial charge in [0.25, 0.3) is 5.91 Å². The summed E-state index contributed by atoms with van der Waals surface area (Å²) >= 11 is 1.37. The Morgan fingerprint density at radius 3 is 2.57 bits per heavy atom. The molecule has 0 fully saturated rings. The van der Waals surface area contributed by atoms with Gasteiger partial charge in [-0.15, -0.1) is 36.2 Å². The lowest BCUT2D eigenvalue weighted by molar-refractivity contribution is 0.0957. The quantitative estimate of drug-likeness (QED) is 0.721. The molecule has 0 unspecified atom stereocenters. The van der Waals surface area contributed by atoms with Crippen LogP contribution in [0.25, 0.3) is 10.8 Å². The smallest absolute Gasteiger partial charge is 0.263 e. The molecule has 130 valence electrons. The molecule has 0 atom stereocenters. The molecule has 0 aromatic carbocycles. The second-order valence-electron chi connectivity index (χ2n) is 4.85. The van der Waals surface area contributed by atoms with E-state index in [4.69, 9.17) is 4.42 Å². The number of aromatic nitrogens is 1. The first kappa shape index (κ1) is 21.9. The van der Waals surface area contributed by atoms with Crippen LogP contribution in [0.5, 0.6) is 0 Å². The fourth-order valence-corrected chi connectivity index (χ4v) is 2.85. The van der Waals surface area contributed by atoms with E-state index in [0.29, 0.717) is 17.2 Å². The summed E-state index contributed by atoms with van der Waals surface area (Å²) < 4.78 is 5.55. The minimum absolute atomic E-state index is 0. The van der Waals surface area contributed by atoms with E-state index < -0.39 is 0 Å². The normalized spacial score (nSPS) is 9.87. The summed E-state index contributed by atoms with van der Waals surface area (Å²) in [5.41, 5.74) is 0.739. The Balaban J connectivity index is 0.00000242. The zero-order valence-corrected chi connectivity index (χ0v) is 15.9. The zero-order valence-electron chi connectivity index (χ0n) is 13.5. The van der Waals surface area contributed by atoms with Crippen molar-refractivity contribution in [3.05, 3.63) is 28.5 Å². The number of halogens is 2. The molecule has 0 aliphatic heterocycles. The van der Waals surface area contributed by atoms with Gasteiger partial charge in [0, 0.05) is 13.1 Å². The summed E-state index contributed by atoms with van der Waals surface area (Å²) in [6.07, 6.45) is 1.09. The van der Waals surface area contributed by atoms with Crippen molar-refractivity contribution in [2.24, 2.45) is 0 Å². The van der Waals surface area contributed by atoms with Crippen LogP contribution in [0.1, 0.15) is 34.5 Å². The molecule has 0 aliphatic carbocycles. The van der Waals surface area contributed by atoms with Gasteiger partial charge in [-0.2, -0.15) is 0 Å². The average Bonchev–Trinajstić information content (AvgIpc) is 3.04. The van der Waals surface area contributed by atoms with Crippen molar-refractivity contribution in [1.82, 2.24) is 15.6 Å². The third-order valence-corrected chi connectivity index (χ3v) is 4.14. The van der Waals surface area contributed by atoms with E-state index in [9.17, 15) is 4.79 Å². The molecular weight excluding hydrogens is 357 g/mol. The first-order valence-electron chi connectivity index (χ1n) is 7.15. The molecular formula is C15H23Cl2N3O2S. The molecule has 2 rings (SSSR count). The fraction of sp³-hybridized carbons (Fsp3) is 0.467. The lowest BCUT2D eigenvalue weighted by atomic mass is 10.3. The Labute approximate surface area is 153 Å². The van der Waals surface area contributed by atoms with E-state index in [1.54, 1.807) is 0 Å². The van der Waals surface area contributed by atoms with E-state index in [2.05, 4.69) is 22.5 Å². The topological polar surface area (TPSA) is 67.2 Å². The van der Waals surface area contributed by atoms with Gasteiger partial charge in [0.05, 0.1) is 5.69 Å². The van der Waals surface area contributed by atoms with Crippen LogP contribution in [0, 0.1) is 13.8 Å². The third-order valence-electron chi connectivity index (χ3n) is 2.97. The molecule has 0 saturated carbocycles. The fourth-order valence-electron chi connectivity index (χ4n) is 1.91. The number of thiazole rings is 1. The van der Waals surface area contributed by atoms with Crippen molar-refractivity contribution in [1.29, 1.82) is 0 Å². The van der Waals surface area contributed by atoms with Crippen LogP contribution >= 0.6 is 36.2 Å². The summed E-state index contributed by atoms with van der Waals surface area (Å²) in [7, 11) is 0. The van der Waals surface area contributed by atoms with Crippen molar-refractivity contribution < 1.29 is 9.21 Å². The van der Waals surface area contributed by atoms with Gasteiger partial charge in [-0.05, 0) is 38.9 Å². The molecule has 0 saturated heterocycles. The molecule has 2 aromatic heterocycles. The number of hydrogen-bond acceptors (Lipinski definition) is 5. The molecule has 23 heavy (non-hydrogen) atoms. The van der Waals surface area contributed by atoms with E-state index in [1.165, 1.54) is 11.3 Å². The maximum Gasteiger partial charge on any atom is 0.263 e. The summed E-state index contributed by atoms with van der Waals surface area (Å²) in [6, 6.07) is 3.77. The van der Waals surface area contributed by atoms with Crippen LogP contribution in [0.4, 0.5) is 0 Å². The predicted molar refractivity (Wildman–Crippen MR) is 99.3 cm³/mol. The van der Waals surface area contributed by atoms with Crippen molar-refractivity contribution >= 4 is 42.1 Å². The van der Waals surface area contributed by atoms with Gasteiger partial charge in [-0.25, -0.2) is 4.98 Å². The summed E-state index contributed by atoms with van der Waals surface area (Å²) in [6.45, 7) is 8.22. The van der Waals surface area contributed by atoms with E-state index >= 15 is 0 Å². The number of hydrogen-bond donors (Lipinski definition) is 2. The van der Waals surface area contributed by atoms with Gasteiger partial charge in [-0.1, -0.05) is 6.92 Å². The van der Waals surface area contributed by atoms with Gasteiger partial charge in [0.1, 0.15) is 10.6 Å². The van der Waals surface area contributed by atoms with Crippen molar-refractivity contribution in [2.75, 3.05) is 19.6 Å². The number of nitrogens with zero attached hydrogens (tertiary/aromatic N) is 1. The zero-order chi connectivity index (χ0) is 15.2. The first-order valence-corrected chi connectivity index (χ1v) is 7.96. The van der Waals surface area contributed by atoms with Crippen LogP contribution < -0.4 is 10.6 Å². The Morgan fingerprint density at radius 1 is 1.22 bits per heavy atom. The number of carbonyl (C=O) groups is 1. The van der Waals surface area contributed by atoms with Crippen LogP contribution in [-0.4, -0.2) is 30.5 Å². The molecule has 0 aliphatic rings. The number of aryl methyl sites for hydroxylation is 2. The molecule has 2 aromatic rings. The van der Waals surface area contributed by atoms with Crippen molar-refractivity contribution in [3.8, 4) is 10.8 Å². The highest BCUT2D eigenvalue weighted by Crippen LogP contribution is 2.29. The number of rotatable bonds is 7. The Bertz CT molecular complexity index is 614. The molecule has 2 N–H and O–H groups in total. The second-order valence-corrected chi connectivity index (χ2v) is 5.85. The number of amides is 1. The third kappa shape index (κ3) is 6.14. The van der Waals surface area contributed by atoms with Gasteiger partial charge < -0.3 is 15.1 Å². The SMILES string of the molecule is CCCNCCNC(=O)c1sc(-c2ccc(C)o2)nc1C.Cl.Cl. The first-order chi connectivity index (χ1) is 10.1. The highest BCUT2D eigenvalue weighted by atomic mass is 35.5. The molecule has 1 amide bonds. The summed E-state index contributed by atoms with van der Waals surface area (Å²) in [4.78, 5) is 17.2. The van der Waals surface area contributed by atoms with Crippen LogP contribution in [0.15, 0.2) is 16.5 Å². The van der Waals surface area contributed by atoms with Gasteiger partial charge in [0.2, 0.25) is 0 Å². The predicted octanol–water partition coefficient (Wildman–Crippen LogP) is 3.59. The van der Waals surface area contributed by atoms with Gasteiger partial charge in [-0.3, -0.25) is 4.79 Å².